The van der Waals surface area contributed by atoms with Gasteiger partial charge in [0.25, 0.3) is 0 Å². The summed E-state index contributed by atoms with van der Waals surface area (Å²) in [7, 11) is 1.26. The zero-order valence-electron chi connectivity index (χ0n) is 6.69. The van der Waals surface area contributed by atoms with Crippen LogP contribution in [0, 0.1) is 0 Å². The summed E-state index contributed by atoms with van der Waals surface area (Å²) in [6.07, 6.45) is 2.86. The lowest BCUT2D eigenvalue weighted by molar-refractivity contribution is -0.138. The van der Waals surface area contributed by atoms with Crippen LogP contribution in [0.25, 0.3) is 0 Å². The molecule has 0 aromatic rings. The van der Waals surface area contributed by atoms with Crippen LogP contribution in [-0.2, 0) is 14.3 Å². The van der Waals surface area contributed by atoms with Crippen molar-refractivity contribution in [1.82, 2.24) is 0 Å². The highest BCUT2D eigenvalue weighted by atomic mass is 16.5. The SMILES string of the molecule is COC(=O)CN=CC(C=O)=CN. The van der Waals surface area contributed by atoms with E-state index in [1.807, 2.05) is 0 Å². The van der Waals surface area contributed by atoms with E-state index in [1.54, 1.807) is 0 Å². The summed E-state index contributed by atoms with van der Waals surface area (Å²) in [6.45, 7) is -0.109. The molecule has 0 bridgehead atoms. The molecular formula is C7H10N2O3. The summed E-state index contributed by atoms with van der Waals surface area (Å²) in [5, 5.41) is 0. The number of ether oxygens (including phenoxy) is 1. The lowest BCUT2D eigenvalue weighted by atomic mass is 10.3. The summed E-state index contributed by atoms with van der Waals surface area (Å²) < 4.78 is 4.31. The van der Waals surface area contributed by atoms with Gasteiger partial charge < -0.3 is 10.5 Å². The molecule has 0 radical (unpaired) electrons. The van der Waals surface area contributed by atoms with Crippen molar-refractivity contribution in [3.63, 3.8) is 0 Å². The smallest absolute Gasteiger partial charge is 0.327 e. The number of aldehydes is 1. The molecule has 0 aliphatic heterocycles. The predicted octanol–water partition coefficient (Wildman–Crippen LogP) is -0.728. The van der Waals surface area contributed by atoms with Crippen LogP contribution < -0.4 is 5.73 Å². The van der Waals surface area contributed by atoms with Gasteiger partial charge in [0.15, 0.2) is 6.29 Å². The number of methoxy groups -OCH3 is 1. The molecule has 0 atom stereocenters. The van der Waals surface area contributed by atoms with Crippen molar-refractivity contribution < 1.29 is 14.3 Å². The third kappa shape index (κ3) is 4.21. The molecule has 0 saturated heterocycles. The van der Waals surface area contributed by atoms with Gasteiger partial charge in [0.2, 0.25) is 0 Å². The standard InChI is InChI=1S/C7H10N2O3/c1-12-7(11)4-9-3-6(2-8)5-10/h2-3,5H,4,8H2,1H3. The summed E-state index contributed by atoms with van der Waals surface area (Å²) in [5.74, 6) is -0.464. The molecule has 5 heteroatoms. The fraction of sp³-hybridized carbons (Fsp3) is 0.286. The average molecular weight is 170 g/mol. The van der Waals surface area contributed by atoms with Crippen molar-refractivity contribution in [1.29, 1.82) is 0 Å². The third-order valence-corrected chi connectivity index (χ3v) is 1.02. The Bertz CT molecular complexity index is 221. The van der Waals surface area contributed by atoms with Gasteiger partial charge in [0.05, 0.1) is 7.11 Å². The van der Waals surface area contributed by atoms with Crippen molar-refractivity contribution in [2.24, 2.45) is 10.7 Å². The van der Waals surface area contributed by atoms with Crippen LogP contribution >= 0.6 is 0 Å². The van der Waals surface area contributed by atoms with E-state index in [9.17, 15) is 9.59 Å². The van der Waals surface area contributed by atoms with Crippen molar-refractivity contribution in [2.75, 3.05) is 13.7 Å². The first-order chi connectivity index (χ1) is 5.74. The van der Waals surface area contributed by atoms with Gasteiger partial charge >= 0.3 is 5.97 Å². The lowest BCUT2D eigenvalue weighted by Crippen LogP contribution is -2.04. The van der Waals surface area contributed by atoms with E-state index in [4.69, 9.17) is 5.73 Å². The van der Waals surface area contributed by atoms with Crippen molar-refractivity contribution in [3.8, 4) is 0 Å². The molecule has 66 valence electrons. The molecule has 0 spiro atoms. The first-order valence-corrected chi connectivity index (χ1v) is 3.18. The molecule has 5 nitrogen and oxygen atoms in total. The molecule has 0 aromatic heterocycles. The van der Waals surface area contributed by atoms with E-state index in [1.165, 1.54) is 13.3 Å². The number of hydrogen-bond donors (Lipinski definition) is 1. The minimum Gasteiger partial charge on any atom is -0.468 e. The molecule has 0 aromatic carbocycles. The molecule has 0 aliphatic rings. The summed E-state index contributed by atoms with van der Waals surface area (Å²) in [5.41, 5.74) is 5.25. The van der Waals surface area contributed by atoms with Crippen molar-refractivity contribution in [3.05, 3.63) is 11.8 Å². The van der Waals surface area contributed by atoms with Gasteiger partial charge in [-0.25, -0.2) is 0 Å². The average Bonchev–Trinajstić information content (AvgIpc) is 2.12. The minimum absolute atomic E-state index is 0.109. The maximum Gasteiger partial charge on any atom is 0.327 e. The summed E-state index contributed by atoms with van der Waals surface area (Å²) in [4.78, 5) is 24.2. The number of esters is 1. The summed E-state index contributed by atoms with van der Waals surface area (Å²) in [6, 6.07) is 0. The molecule has 0 amide bonds. The number of aliphatic imine (C=N–C) groups is 1. The molecule has 0 rings (SSSR count). The zero-order chi connectivity index (χ0) is 9.40. The maximum atomic E-state index is 10.5. The highest BCUT2D eigenvalue weighted by Crippen LogP contribution is 1.81. The van der Waals surface area contributed by atoms with Gasteiger partial charge in [-0.05, 0) is 0 Å². The molecule has 2 N–H and O–H groups in total. The Balaban J connectivity index is 3.90. The van der Waals surface area contributed by atoms with E-state index in [2.05, 4.69) is 9.73 Å². The molecular weight excluding hydrogens is 160 g/mol. The Labute approximate surface area is 69.9 Å². The quantitative estimate of drug-likeness (QED) is 0.261. The van der Waals surface area contributed by atoms with Gasteiger partial charge in [-0.1, -0.05) is 0 Å². The lowest BCUT2D eigenvalue weighted by Gasteiger charge is -1.91. The molecule has 0 heterocycles. The van der Waals surface area contributed by atoms with Gasteiger partial charge in [-0.15, -0.1) is 0 Å². The second kappa shape index (κ2) is 6.09. The fourth-order valence-corrected chi connectivity index (χ4v) is 0.403. The van der Waals surface area contributed by atoms with Crippen LogP contribution in [0.4, 0.5) is 0 Å². The Morgan fingerprint density at radius 2 is 2.33 bits per heavy atom. The van der Waals surface area contributed by atoms with Gasteiger partial charge in [-0.3, -0.25) is 14.6 Å². The number of carbonyl (C=O) groups excluding carboxylic acids is 2. The van der Waals surface area contributed by atoms with Crippen molar-refractivity contribution in [2.45, 2.75) is 0 Å². The van der Waals surface area contributed by atoms with Gasteiger partial charge in [0.1, 0.15) is 6.54 Å². The number of hydrogen-bond acceptors (Lipinski definition) is 5. The first kappa shape index (κ1) is 10.3. The second-order valence-electron chi connectivity index (χ2n) is 1.83. The van der Waals surface area contributed by atoms with Gasteiger partial charge in [0, 0.05) is 18.0 Å². The van der Waals surface area contributed by atoms with E-state index in [0.717, 1.165) is 6.20 Å². The third-order valence-electron chi connectivity index (χ3n) is 1.02. The van der Waals surface area contributed by atoms with Crippen LogP contribution in [0.2, 0.25) is 0 Å². The number of carbonyl (C=O) groups is 2. The number of allylic oxidation sites excluding steroid dienone is 1. The highest BCUT2D eigenvalue weighted by molar-refractivity contribution is 6.01. The monoisotopic (exact) mass is 170 g/mol. The van der Waals surface area contributed by atoms with Gasteiger partial charge in [-0.2, -0.15) is 0 Å². The van der Waals surface area contributed by atoms with E-state index < -0.39 is 5.97 Å². The number of nitrogens with zero attached hydrogens (tertiary/aromatic N) is 1. The molecule has 0 aliphatic carbocycles. The van der Waals surface area contributed by atoms with E-state index in [-0.39, 0.29) is 12.1 Å². The van der Waals surface area contributed by atoms with Crippen LogP contribution in [0.5, 0.6) is 0 Å². The zero-order valence-corrected chi connectivity index (χ0v) is 6.69. The highest BCUT2D eigenvalue weighted by Gasteiger charge is 1.94. The molecule has 12 heavy (non-hydrogen) atoms. The van der Waals surface area contributed by atoms with Crippen LogP contribution in [0.3, 0.4) is 0 Å². The van der Waals surface area contributed by atoms with Crippen LogP contribution in [0.15, 0.2) is 16.8 Å². The largest absolute Gasteiger partial charge is 0.468 e. The number of rotatable bonds is 4. The van der Waals surface area contributed by atoms with Crippen LogP contribution in [0.1, 0.15) is 0 Å². The topological polar surface area (TPSA) is 81.8 Å². The Morgan fingerprint density at radius 1 is 1.67 bits per heavy atom. The summed E-state index contributed by atoms with van der Waals surface area (Å²) >= 11 is 0. The Morgan fingerprint density at radius 3 is 2.75 bits per heavy atom. The molecule has 0 unspecified atom stereocenters. The predicted molar refractivity (Wildman–Crippen MR) is 43.7 cm³/mol. The van der Waals surface area contributed by atoms with E-state index >= 15 is 0 Å². The normalized spacial score (nSPS) is 11.6. The fourth-order valence-electron chi connectivity index (χ4n) is 0.403. The van der Waals surface area contributed by atoms with Crippen molar-refractivity contribution >= 4 is 18.5 Å². The first-order valence-electron chi connectivity index (χ1n) is 3.18. The minimum atomic E-state index is -0.464. The maximum absolute atomic E-state index is 10.5. The number of nitrogens with two attached hydrogens (primary N) is 1. The van der Waals surface area contributed by atoms with E-state index in [0.29, 0.717) is 6.29 Å². The van der Waals surface area contributed by atoms with Crippen LogP contribution in [-0.4, -0.2) is 32.1 Å². The second-order valence-corrected chi connectivity index (χ2v) is 1.83. The molecule has 0 fully saturated rings. The Kier molecular flexibility index (Phi) is 5.25. The molecule has 0 saturated carbocycles. The Hall–Kier alpha value is -1.65.